The molecule has 0 atom stereocenters. The van der Waals surface area contributed by atoms with Crippen molar-refractivity contribution < 1.29 is 9.53 Å². The van der Waals surface area contributed by atoms with Crippen molar-refractivity contribution in [3.8, 4) is 5.75 Å². The maximum absolute atomic E-state index is 12.6. The van der Waals surface area contributed by atoms with Gasteiger partial charge in [-0.05, 0) is 36.8 Å². The van der Waals surface area contributed by atoms with Crippen LogP contribution in [0.2, 0.25) is 5.02 Å². The Morgan fingerprint density at radius 2 is 1.85 bits per heavy atom. The molecule has 0 bridgehead atoms. The Morgan fingerprint density at radius 3 is 2.59 bits per heavy atom. The van der Waals surface area contributed by atoms with E-state index in [4.69, 9.17) is 16.3 Å². The smallest absolute Gasteiger partial charge is 0.274 e. The number of amides is 1. The van der Waals surface area contributed by atoms with E-state index in [9.17, 15) is 4.79 Å². The molecule has 0 radical (unpaired) electrons. The first-order valence-electron chi connectivity index (χ1n) is 8.33. The Labute approximate surface area is 162 Å². The fourth-order valence-corrected chi connectivity index (χ4v) is 2.63. The number of hydrogen-bond acceptors (Lipinski definition) is 5. The predicted molar refractivity (Wildman–Crippen MR) is 106 cm³/mol. The summed E-state index contributed by atoms with van der Waals surface area (Å²) in [5.74, 6) is 1.32. The van der Waals surface area contributed by atoms with E-state index < -0.39 is 0 Å². The van der Waals surface area contributed by atoms with Crippen molar-refractivity contribution in [2.24, 2.45) is 0 Å². The molecule has 0 saturated heterocycles. The van der Waals surface area contributed by atoms with E-state index in [1.165, 1.54) is 0 Å². The van der Waals surface area contributed by atoms with Crippen LogP contribution in [0, 0.1) is 6.92 Å². The van der Waals surface area contributed by atoms with Crippen molar-refractivity contribution >= 4 is 29.0 Å². The SMILES string of the molecule is COc1ccccc1NC(=O)c1cc(NCc2ccc(Cl)cc2)nc(C)n1. The number of ether oxygens (including phenoxy) is 1. The Bertz CT molecular complexity index is 945. The predicted octanol–water partition coefficient (Wildman–Crippen LogP) is 4.31. The second kappa shape index (κ2) is 8.51. The largest absolute Gasteiger partial charge is 0.495 e. The molecule has 0 aliphatic rings. The van der Waals surface area contributed by atoms with Crippen LogP contribution < -0.4 is 15.4 Å². The van der Waals surface area contributed by atoms with Crippen LogP contribution in [0.15, 0.2) is 54.6 Å². The summed E-state index contributed by atoms with van der Waals surface area (Å²) in [6, 6.07) is 16.3. The van der Waals surface area contributed by atoms with Gasteiger partial charge in [0.1, 0.15) is 23.1 Å². The Kier molecular flexibility index (Phi) is 5.88. The molecule has 0 aliphatic heterocycles. The van der Waals surface area contributed by atoms with Crippen molar-refractivity contribution in [3.63, 3.8) is 0 Å². The van der Waals surface area contributed by atoms with Crippen molar-refractivity contribution in [2.75, 3.05) is 17.7 Å². The number of carbonyl (C=O) groups excluding carboxylic acids is 1. The van der Waals surface area contributed by atoms with E-state index >= 15 is 0 Å². The number of para-hydroxylation sites is 2. The monoisotopic (exact) mass is 382 g/mol. The summed E-state index contributed by atoms with van der Waals surface area (Å²) in [7, 11) is 1.55. The second-order valence-corrected chi connectivity index (χ2v) is 6.26. The molecule has 0 fully saturated rings. The van der Waals surface area contributed by atoms with Crippen molar-refractivity contribution in [3.05, 3.63) is 76.7 Å². The van der Waals surface area contributed by atoms with Crippen LogP contribution in [-0.2, 0) is 6.54 Å². The van der Waals surface area contributed by atoms with Gasteiger partial charge < -0.3 is 15.4 Å². The summed E-state index contributed by atoms with van der Waals surface area (Å²) in [5.41, 5.74) is 1.90. The summed E-state index contributed by atoms with van der Waals surface area (Å²) >= 11 is 5.90. The fourth-order valence-electron chi connectivity index (χ4n) is 2.50. The number of aryl methyl sites for hydroxylation is 1. The van der Waals surface area contributed by atoms with E-state index in [1.807, 2.05) is 36.4 Å². The highest BCUT2D eigenvalue weighted by atomic mass is 35.5. The van der Waals surface area contributed by atoms with E-state index in [1.54, 1.807) is 32.2 Å². The maximum Gasteiger partial charge on any atom is 0.274 e. The molecule has 27 heavy (non-hydrogen) atoms. The Balaban J connectivity index is 1.74. The quantitative estimate of drug-likeness (QED) is 0.664. The van der Waals surface area contributed by atoms with Crippen LogP contribution in [0.1, 0.15) is 21.9 Å². The lowest BCUT2D eigenvalue weighted by molar-refractivity contribution is 0.102. The minimum absolute atomic E-state index is 0.270. The molecule has 1 amide bonds. The minimum atomic E-state index is -0.334. The zero-order chi connectivity index (χ0) is 19.2. The third kappa shape index (κ3) is 4.95. The number of anilines is 2. The van der Waals surface area contributed by atoms with Crippen LogP contribution >= 0.6 is 11.6 Å². The first-order chi connectivity index (χ1) is 13.0. The molecule has 1 heterocycles. The third-order valence-electron chi connectivity index (χ3n) is 3.81. The van der Waals surface area contributed by atoms with Crippen molar-refractivity contribution in [2.45, 2.75) is 13.5 Å². The highest BCUT2D eigenvalue weighted by Crippen LogP contribution is 2.23. The summed E-state index contributed by atoms with van der Waals surface area (Å²) in [4.78, 5) is 21.2. The highest BCUT2D eigenvalue weighted by molar-refractivity contribution is 6.30. The molecular formula is C20H19ClN4O2. The number of hydrogen-bond donors (Lipinski definition) is 2. The van der Waals surface area contributed by atoms with Crippen LogP contribution in [0.5, 0.6) is 5.75 Å². The summed E-state index contributed by atoms with van der Waals surface area (Å²) in [6.45, 7) is 2.30. The van der Waals surface area contributed by atoms with Gasteiger partial charge in [0.2, 0.25) is 0 Å². The molecule has 6 nitrogen and oxygen atoms in total. The van der Waals surface area contributed by atoms with Gasteiger partial charge in [-0.2, -0.15) is 0 Å². The molecule has 1 aromatic heterocycles. The van der Waals surface area contributed by atoms with Crippen LogP contribution in [-0.4, -0.2) is 23.0 Å². The zero-order valence-electron chi connectivity index (χ0n) is 15.0. The van der Waals surface area contributed by atoms with E-state index in [-0.39, 0.29) is 11.6 Å². The van der Waals surface area contributed by atoms with Crippen molar-refractivity contribution in [1.82, 2.24) is 9.97 Å². The van der Waals surface area contributed by atoms with Gasteiger partial charge in [-0.15, -0.1) is 0 Å². The van der Waals surface area contributed by atoms with Crippen LogP contribution in [0.25, 0.3) is 0 Å². The van der Waals surface area contributed by atoms with Crippen LogP contribution in [0.4, 0.5) is 11.5 Å². The molecule has 0 unspecified atom stereocenters. The third-order valence-corrected chi connectivity index (χ3v) is 4.06. The van der Waals surface area contributed by atoms with Gasteiger partial charge in [0, 0.05) is 17.6 Å². The van der Waals surface area contributed by atoms with Gasteiger partial charge in [-0.25, -0.2) is 9.97 Å². The number of nitrogens with one attached hydrogen (secondary N) is 2. The average molecular weight is 383 g/mol. The molecule has 0 spiro atoms. The molecule has 7 heteroatoms. The Hall–Kier alpha value is -3.12. The molecule has 3 rings (SSSR count). The topological polar surface area (TPSA) is 76.1 Å². The molecule has 0 aliphatic carbocycles. The molecule has 0 saturated carbocycles. The first-order valence-corrected chi connectivity index (χ1v) is 8.71. The lowest BCUT2D eigenvalue weighted by Crippen LogP contribution is -2.16. The zero-order valence-corrected chi connectivity index (χ0v) is 15.7. The molecule has 138 valence electrons. The lowest BCUT2D eigenvalue weighted by Gasteiger charge is -2.11. The number of benzene rings is 2. The molecule has 2 aromatic carbocycles. The standard InChI is InChI=1S/C20H19ClN4O2/c1-13-23-17(20(26)25-16-5-3-4-6-18(16)27-2)11-19(24-13)22-12-14-7-9-15(21)10-8-14/h3-11H,12H2,1-2H3,(H,25,26)(H,22,23,24). The summed E-state index contributed by atoms with van der Waals surface area (Å²) in [5, 5.41) is 6.71. The van der Waals surface area contributed by atoms with Gasteiger partial charge in [0.15, 0.2) is 0 Å². The Morgan fingerprint density at radius 1 is 1.11 bits per heavy atom. The fraction of sp³-hybridized carbons (Fsp3) is 0.150. The van der Waals surface area contributed by atoms with Crippen LogP contribution in [0.3, 0.4) is 0 Å². The number of aromatic nitrogens is 2. The number of carbonyl (C=O) groups is 1. The number of methoxy groups -OCH3 is 1. The summed E-state index contributed by atoms with van der Waals surface area (Å²) in [6.07, 6.45) is 0. The summed E-state index contributed by atoms with van der Waals surface area (Å²) < 4.78 is 5.26. The highest BCUT2D eigenvalue weighted by Gasteiger charge is 2.13. The maximum atomic E-state index is 12.6. The normalized spacial score (nSPS) is 10.3. The van der Waals surface area contributed by atoms with Gasteiger partial charge in [0.05, 0.1) is 12.8 Å². The minimum Gasteiger partial charge on any atom is -0.495 e. The van der Waals surface area contributed by atoms with E-state index in [0.29, 0.717) is 34.6 Å². The second-order valence-electron chi connectivity index (χ2n) is 5.82. The van der Waals surface area contributed by atoms with Gasteiger partial charge in [-0.1, -0.05) is 35.9 Å². The molecular weight excluding hydrogens is 364 g/mol. The van der Waals surface area contributed by atoms with Gasteiger partial charge in [-0.3, -0.25) is 4.79 Å². The van der Waals surface area contributed by atoms with Gasteiger partial charge >= 0.3 is 0 Å². The van der Waals surface area contributed by atoms with Gasteiger partial charge in [0.25, 0.3) is 5.91 Å². The average Bonchev–Trinajstić information content (AvgIpc) is 2.67. The molecule has 2 N–H and O–H groups in total. The molecule has 3 aromatic rings. The van der Waals surface area contributed by atoms with E-state index in [2.05, 4.69) is 20.6 Å². The number of halogens is 1. The van der Waals surface area contributed by atoms with E-state index in [0.717, 1.165) is 5.56 Å². The first kappa shape index (κ1) is 18.7. The lowest BCUT2D eigenvalue weighted by atomic mass is 10.2. The van der Waals surface area contributed by atoms with Crippen molar-refractivity contribution in [1.29, 1.82) is 0 Å². The number of nitrogens with zero attached hydrogens (tertiary/aromatic N) is 2. The number of rotatable bonds is 6.